The van der Waals surface area contributed by atoms with Crippen molar-refractivity contribution in [2.45, 2.75) is 36.4 Å². The fourth-order valence-corrected chi connectivity index (χ4v) is 6.36. The van der Waals surface area contributed by atoms with E-state index >= 15 is 0 Å². The van der Waals surface area contributed by atoms with Gasteiger partial charge in [0.05, 0.1) is 17.0 Å². The lowest BCUT2D eigenvalue weighted by Crippen LogP contribution is -2.49. The molecule has 1 aromatic heterocycles. The smallest absolute Gasteiger partial charge is 0.273 e. The van der Waals surface area contributed by atoms with E-state index in [0.717, 1.165) is 60.2 Å². The van der Waals surface area contributed by atoms with Crippen LogP contribution in [0.25, 0.3) is 11.4 Å². The number of halogens is 1. The van der Waals surface area contributed by atoms with Crippen molar-refractivity contribution >= 4 is 40.0 Å². The standard InChI is InChI=1S/C24H26IN5O3S/c1-28-23(16-5-2-6-17(25)13-16)26-27-24(28)34-12-4-11-29-10-3-7-19-20-9-8-18(30(31)32)14-22(20)33-15-21(19)29/h2,5-6,8-9,13-14,19,21H,3-4,7,10-12,15H2,1H3. The van der Waals surface area contributed by atoms with E-state index in [1.54, 1.807) is 23.9 Å². The van der Waals surface area contributed by atoms with Crippen LogP contribution in [0.5, 0.6) is 5.75 Å². The molecule has 8 nitrogen and oxygen atoms in total. The fourth-order valence-electron chi connectivity index (χ4n) is 4.98. The Morgan fingerprint density at radius 3 is 2.97 bits per heavy atom. The maximum Gasteiger partial charge on any atom is 0.273 e. The summed E-state index contributed by atoms with van der Waals surface area (Å²) in [5.41, 5.74) is 2.29. The Bertz CT molecular complexity index is 1200. The number of likely N-dealkylation sites (tertiary alicyclic amines) is 1. The molecule has 0 saturated carbocycles. The summed E-state index contributed by atoms with van der Waals surface area (Å²) < 4.78 is 9.23. The summed E-state index contributed by atoms with van der Waals surface area (Å²) in [6, 6.07) is 13.7. The molecule has 0 spiro atoms. The molecule has 3 heterocycles. The molecule has 0 bridgehead atoms. The van der Waals surface area contributed by atoms with E-state index in [9.17, 15) is 10.1 Å². The first-order valence-electron chi connectivity index (χ1n) is 11.4. The first kappa shape index (κ1) is 23.6. The van der Waals surface area contributed by atoms with Crippen molar-refractivity contribution in [3.8, 4) is 17.1 Å². The van der Waals surface area contributed by atoms with Crippen LogP contribution in [0.3, 0.4) is 0 Å². The number of thioether (sulfide) groups is 1. The van der Waals surface area contributed by atoms with Crippen LogP contribution >= 0.6 is 34.4 Å². The van der Waals surface area contributed by atoms with Gasteiger partial charge in [-0.15, -0.1) is 10.2 Å². The molecule has 1 fully saturated rings. The zero-order chi connectivity index (χ0) is 23.7. The Labute approximate surface area is 216 Å². The maximum absolute atomic E-state index is 11.1. The second kappa shape index (κ2) is 10.2. The quantitative estimate of drug-likeness (QED) is 0.124. The predicted molar refractivity (Wildman–Crippen MR) is 140 cm³/mol. The molecule has 0 amide bonds. The highest BCUT2D eigenvalue weighted by molar-refractivity contribution is 14.1. The second-order valence-electron chi connectivity index (χ2n) is 8.72. The van der Waals surface area contributed by atoms with Crippen LogP contribution in [0.4, 0.5) is 5.69 Å². The Kier molecular flexibility index (Phi) is 7.07. The molecule has 0 aliphatic carbocycles. The molecule has 34 heavy (non-hydrogen) atoms. The average molecular weight is 591 g/mol. The van der Waals surface area contributed by atoms with Gasteiger partial charge in [0.2, 0.25) is 0 Å². The van der Waals surface area contributed by atoms with E-state index in [-0.39, 0.29) is 10.6 Å². The number of aromatic nitrogens is 3. The third kappa shape index (κ3) is 4.80. The zero-order valence-electron chi connectivity index (χ0n) is 18.9. The van der Waals surface area contributed by atoms with Crippen LogP contribution in [0.2, 0.25) is 0 Å². The molecule has 0 N–H and O–H groups in total. The monoisotopic (exact) mass is 591 g/mol. The number of nitro groups is 1. The number of ether oxygens (including phenoxy) is 1. The minimum atomic E-state index is -0.360. The van der Waals surface area contributed by atoms with Gasteiger partial charge >= 0.3 is 0 Å². The largest absolute Gasteiger partial charge is 0.491 e. The van der Waals surface area contributed by atoms with Gasteiger partial charge in [0, 0.05) is 33.9 Å². The highest BCUT2D eigenvalue weighted by atomic mass is 127. The number of hydrogen-bond acceptors (Lipinski definition) is 7. The Morgan fingerprint density at radius 2 is 2.15 bits per heavy atom. The van der Waals surface area contributed by atoms with E-state index in [1.165, 1.54) is 3.57 Å². The lowest BCUT2D eigenvalue weighted by atomic mass is 9.81. The molecular formula is C24H26IN5O3S. The molecule has 10 heteroatoms. The molecule has 3 aromatic rings. The summed E-state index contributed by atoms with van der Waals surface area (Å²) in [7, 11) is 2.02. The molecule has 2 aromatic carbocycles. The van der Waals surface area contributed by atoms with E-state index in [1.807, 2.05) is 19.2 Å². The van der Waals surface area contributed by atoms with Crippen LogP contribution in [0, 0.1) is 13.7 Å². The maximum atomic E-state index is 11.1. The van der Waals surface area contributed by atoms with Crippen molar-refractivity contribution in [1.29, 1.82) is 0 Å². The number of fused-ring (bicyclic) bond motifs is 3. The molecule has 2 atom stereocenters. The van der Waals surface area contributed by atoms with E-state index in [4.69, 9.17) is 4.74 Å². The van der Waals surface area contributed by atoms with Crippen molar-refractivity contribution < 1.29 is 9.66 Å². The summed E-state index contributed by atoms with van der Waals surface area (Å²) in [5.74, 6) is 2.91. The normalized spacial score (nSPS) is 19.8. The van der Waals surface area contributed by atoms with Crippen molar-refractivity contribution in [2.75, 3.05) is 25.4 Å². The Morgan fingerprint density at radius 1 is 1.26 bits per heavy atom. The summed E-state index contributed by atoms with van der Waals surface area (Å²) >= 11 is 4.06. The number of rotatable bonds is 7. The van der Waals surface area contributed by atoms with Crippen LogP contribution < -0.4 is 4.74 Å². The van der Waals surface area contributed by atoms with Gasteiger partial charge in [0.25, 0.3) is 5.69 Å². The molecule has 0 radical (unpaired) electrons. The average Bonchev–Trinajstić information content (AvgIpc) is 3.21. The van der Waals surface area contributed by atoms with Gasteiger partial charge in [-0.2, -0.15) is 0 Å². The molecule has 2 unspecified atom stereocenters. The van der Waals surface area contributed by atoms with Crippen molar-refractivity contribution in [3.05, 3.63) is 61.7 Å². The van der Waals surface area contributed by atoms with Gasteiger partial charge in [-0.3, -0.25) is 15.0 Å². The predicted octanol–water partition coefficient (Wildman–Crippen LogP) is 5.12. The lowest BCUT2D eigenvalue weighted by molar-refractivity contribution is -0.385. The first-order chi connectivity index (χ1) is 16.5. The van der Waals surface area contributed by atoms with Crippen LogP contribution in [0.1, 0.15) is 30.7 Å². The molecular weight excluding hydrogens is 565 g/mol. The summed E-state index contributed by atoms with van der Waals surface area (Å²) in [4.78, 5) is 13.3. The van der Waals surface area contributed by atoms with Gasteiger partial charge < -0.3 is 9.30 Å². The molecule has 1 saturated heterocycles. The minimum Gasteiger partial charge on any atom is -0.491 e. The lowest BCUT2D eigenvalue weighted by Gasteiger charge is -2.44. The molecule has 2 aliphatic rings. The van der Waals surface area contributed by atoms with E-state index in [2.05, 4.69) is 60.5 Å². The Hall–Kier alpha value is -2.18. The molecule has 2 aliphatic heterocycles. The van der Waals surface area contributed by atoms with Crippen LogP contribution in [0.15, 0.2) is 47.6 Å². The van der Waals surface area contributed by atoms with Crippen molar-refractivity contribution in [3.63, 3.8) is 0 Å². The molecule has 178 valence electrons. The summed E-state index contributed by atoms with van der Waals surface area (Å²) in [5, 5.41) is 20.9. The number of piperidine rings is 1. The summed E-state index contributed by atoms with van der Waals surface area (Å²) in [6.45, 7) is 2.66. The third-order valence-corrected chi connectivity index (χ3v) is 8.43. The number of nitrogens with zero attached hydrogens (tertiary/aromatic N) is 5. The van der Waals surface area contributed by atoms with Gasteiger partial charge in [0.1, 0.15) is 12.4 Å². The van der Waals surface area contributed by atoms with Crippen molar-refractivity contribution in [1.82, 2.24) is 19.7 Å². The third-order valence-electron chi connectivity index (χ3n) is 6.65. The number of benzene rings is 2. The fraction of sp³-hybridized carbons (Fsp3) is 0.417. The highest BCUT2D eigenvalue weighted by Crippen LogP contribution is 2.42. The number of hydrogen-bond donors (Lipinski definition) is 0. The van der Waals surface area contributed by atoms with Gasteiger partial charge in [-0.25, -0.2) is 0 Å². The molecule has 5 rings (SSSR count). The van der Waals surface area contributed by atoms with E-state index < -0.39 is 0 Å². The zero-order valence-corrected chi connectivity index (χ0v) is 21.9. The second-order valence-corrected chi connectivity index (χ2v) is 11.0. The Balaban J connectivity index is 1.18. The van der Waals surface area contributed by atoms with E-state index in [0.29, 0.717) is 24.3 Å². The highest BCUT2D eigenvalue weighted by Gasteiger charge is 2.37. The van der Waals surface area contributed by atoms with Gasteiger partial charge in [0.15, 0.2) is 11.0 Å². The number of non-ortho nitro benzene ring substituents is 1. The first-order valence-corrected chi connectivity index (χ1v) is 13.5. The minimum absolute atomic E-state index is 0.0934. The van der Waals surface area contributed by atoms with Crippen LogP contribution in [-0.2, 0) is 7.05 Å². The van der Waals surface area contributed by atoms with Crippen LogP contribution in [-0.4, -0.2) is 56.1 Å². The van der Waals surface area contributed by atoms with Gasteiger partial charge in [-0.05, 0) is 78.7 Å². The summed E-state index contributed by atoms with van der Waals surface area (Å²) in [6.07, 6.45) is 3.28. The van der Waals surface area contributed by atoms with Gasteiger partial charge in [-0.1, -0.05) is 23.9 Å². The number of nitro benzene ring substituents is 1. The topological polar surface area (TPSA) is 86.3 Å². The van der Waals surface area contributed by atoms with Crippen molar-refractivity contribution in [2.24, 2.45) is 7.05 Å². The SMILES string of the molecule is Cn1c(SCCCN2CCCC3c4ccc([N+](=O)[O-])cc4OCC32)nnc1-c1cccc(I)c1.